The van der Waals surface area contributed by atoms with E-state index >= 15 is 0 Å². The molecule has 1 aliphatic rings. The zero-order valence-corrected chi connectivity index (χ0v) is 15.1. The number of hydrogen-bond donors (Lipinski definition) is 0. The van der Waals surface area contributed by atoms with Gasteiger partial charge in [0.05, 0.1) is 16.9 Å². The highest BCUT2D eigenvalue weighted by atomic mass is 79.9. The van der Waals surface area contributed by atoms with Crippen LogP contribution in [0, 0.1) is 11.6 Å². The molecule has 0 radical (unpaired) electrons. The average molecular weight is 412 g/mol. The molecule has 0 spiro atoms. The zero-order valence-electron chi connectivity index (χ0n) is 13.5. The minimum atomic E-state index is -3.39. The van der Waals surface area contributed by atoms with Gasteiger partial charge >= 0.3 is 6.09 Å². The highest BCUT2D eigenvalue weighted by molar-refractivity contribution is 9.10. The molecule has 134 valence electrons. The summed E-state index contributed by atoms with van der Waals surface area (Å²) in [4.78, 5) is 12.8. The Hall–Kier alpha value is -1.31. The van der Waals surface area contributed by atoms with E-state index in [9.17, 15) is 22.4 Å². The van der Waals surface area contributed by atoms with Crippen molar-refractivity contribution in [3.05, 3.63) is 33.8 Å². The summed E-state index contributed by atoms with van der Waals surface area (Å²) in [5.41, 5.74) is -1.19. The van der Waals surface area contributed by atoms with E-state index in [1.54, 1.807) is 20.8 Å². The lowest BCUT2D eigenvalue weighted by Gasteiger charge is -2.39. The smallest absolute Gasteiger partial charge is 0.410 e. The quantitative estimate of drug-likeness (QED) is 0.475. The number of amides is 1. The zero-order chi connectivity index (χ0) is 18.3. The molecule has 1 aromatic rings. The standard InChI is InChI=1S/C16H18BrF4NO2/c1-15(2,3)24-14(23)22-7-6-10(16(20,21)8-22)9-4-5-11(17)13(19)12(9)18/h4-5,10H,6-8H2,1-3H3/t10-/m0/s1. The Morgan fingerprint density at radius 3 is 2.46 bits per heavy atom. The highest BCUT2D eigenvalue weighted by Crippen LogP contribution is 2.42. The first kappa shape index (κ1) is 19.0. The normalized spacial score (nSPS) is 20.8. The van der Waals surface area contributed by atoms with Gasteiger partial charge in [0, 0.05) is 12.1 Å². The van der Waals surface area contributed by atoms with Crippen LogP contribution >= 0.6 is 15.9 Å². The first-order valence-corrected chi connectivity index (χ1v) is 8.21. The van der Waals surface area contributed by atoms with E-state index in [2.05, 4.69) is 15.9 Å². The molecular formula is C16H18BrF4NO2. The molecule has 3 nitrogen and oxygen atoms in total. The molecule has 0 N–H and O–H groups in total. The number of alkyl halides is 2. The third kappa shape index (κ3) is 4.02. The molecule has 8 heteroatoms. The first-order valence-electron chi connectivity index (χ1n) is 7.41. The van der Waals surface area contributed by atoms with Crippen LogP contribution in [0.3, 0.4) is 0 Å². The van der Waals surface area contributed by atoms with Gasteiger partial charge in [-0.25, -0.2) is 22.4 Å². The average Bonchev–Trinajstić information content (AvgIpc) is 2.43. The molecule has 0 aliphatic carbocycles. The van der Waals surface area contributed by atoms with Gasteiger partial charge in [-0.3, -0.25) is 0 Å². The third-order valence-electron chi connectivity index (χ3n) is 3.69. The Balaban J connectivity index is 2.21. The van der Waals surface area contributed by atoms with Crippen molar-refractivity contribution in [3.8, 4) is 0 Å². The van der Waals surface area contributed by atoms with E-state index in [0.717, 1.165) is 11.0 Å². The van der Waals surface area contributed by atoms with Crippen molar-refractivity contribution >= 4 is 22.0 Å². The molecule has 1 amide bonds. The van der Waals surface area contributed by atoms with Crippen molar-refractivity contribution < 1.29 is 27.1 Å². The fourth-order valence-corrected chi connectivity index (χ4v) is 2.92. The lowest BCUT2D eigenvalue weighted by Crippen LogP contribution is -2.51. The lowest BCUT2D eigenvalue weighted by atomic mass is 9.86. The second kappa shape index (κ2) is 6.54. The summed E-state index contributed by atoms with van der Waals surface area (Å²) in [6.07, 6.45) is -1.03. The summed E-state index contributed by atoms with van der Waals surface area (Å²) in [6.45, 7) is 3.98. The maximum atomic E-state index is 14.5. The van der Waals surface area contributed by atoms with Crippen LogP contribution in [0.5, 0.6) is 0 Å². The summed E-state index contributed by atoms with van der Waals surface area (Å²) in [6, 6.07) is 2.34. The Morgan fingerprint density at radius 2 is 1.92 bits per heavy atom. The fraction of sp³-hybridized carbons (Fsp3) is 0.562. The van der Waals surface area contributed by atoms with E-state index in [1.165, 1.54) is 6.07 Å². The van der Waals surface area contributed by atoms with Gasteiger partial charge in [0.25, 0.3) is 5.92 Å². The van der Waals surface area contributed by atoms with Gasteiger partial charge in [-0.1, -0.05) is 6.07 Å². The van der Waals surface area contributed by atoms with E-state index in [-0.39, 0.29) is 23.0 Å². The Kier molecular flexibility index (Phi) is 5.18. The first-order chi connectivity index (χ1) is 10.9. The Morgan fingerprint density at radius 1 is 1.29 bits per heavy atom. The topological polar surface area (TPSA) is 29.5 Å². The Bertz CT molecular complexity index is 646. The van der Waals surface area contributed by atoms with Crippen LogP contribution in [-0.4, -0.2) is 35.6 Å². The van der Waals surface area contributed by atoms with Crippen molar-refractivity contribution in [3.63, 3.8) is 0 Å². The summed E-state index contributed by atoms with van der Waals surface area (Å²) in [7, 11) is 0. The molecule has 0 aromatic heterocycles. The third-order valence-corrected chi connectivity index (χ3v) is 4.30. The number of rotatable bonds is 1. The molecule has 2 rings (SSSR count). The highest BCUT2D eigenvalue weighted by Gasteiger charge is 2.48. The fourth-order valence-electron chi connectivity index (χ4n) is 2.62. The summed E-state index contributed by atoms with van der Waals surface area (Å²) >= 11 is 2.82. The predicted octanol–water partition coefficient (Wildman–Crippen LogP) is 5.09. The second-order valence-corrected chi connectivity index (χ2v) is 7.62. The molecule has 1 fully saturated rings. The van der Waals surface area contributed by atoms with Crippen molar-refractivity contribution in [1.29, 1.82) is 0 Å². The van der Waals surface area contributed by atoms with Crippen LogP contribution in [-0.2, 0) is 4.74 Å². The van der Waals surface area contributed by atoms with Gasteiger partial charge in [-0.15, -0.1) is 0 Å². The predicted molar refractivity (Wildman–Crippen MR) is 84.2 cm³/mol. The van der Waals surface area contributed by atoms with Gasteiger partial charge in [0.2, 0.25) is 0 Å². The number of likely N-dealkylation sites (tertiary alicyclic amines) is 1. The second-order valence-electron chi connectivity index (χ2n) is 6.77. The van der Waals surface area contributed by atoms with Crippen LogP contribution in [0.15, 0.2) is 16.6 Å². The minimum absolute atomic E-state index is 0.0215. The molecule has 1 saturated heterocycles. The van der Waals surface area contributed by atoms with E-state index in [0.29, 0.717) is 0 Å². The minimum Gasteiger partial charge on any atom is -0.444 e. The number of carbonyl (C=O) groups excluding carboxylic acids is 1. The van der Waals surface area contributed by atoms with E-state index < -0.39 is 41.7 Å². The summed E-state index contributed by atoms with van der Waals surface area (Å²) in [5, 5.41) is 0. The van der Waals surface area contributed by atoms with Gasteiger partial charge in [-0.05, 0) is 49.2 Å². The molecule has 0 bridgehead atoms. The number of halogens is 5. The van der Waals surface area contributed by atoms with Crippen LogP contribution in [0.4, 0.5) is 22.4 Å². The molecule has 1 heterocycles. The van der Waals surface area contributed by atoms with Gasteiger partial charge in [0.15, 0.2) is 11.6 Å². The molecular weight excluding hydrogens is 394 g/mol. The summed E-state index contributed by atoms with van der Waals surface area (Å²) < 4.78 is 61.5. The molecule has 24 heavy (non-hydrogen) atoms. The number of carbonyl (C=O) groups is 1. The van der Waals surface area contributed by atoms with Gasteiger partial charge in [-0.2, -0.15) is 0 Å². The lowest BCUT2D eigenvalue weighted by molar-refractivity contribution is -0.0856. The number of ether oxygens (including phenoxy) is 1. The van der Waals surface area contributed by atoms with Gasteiger partial charge in [0.1, 0.15) is 5.60 Å². The maximum absolute atomic E-state index is 14.5. The van der Waals surface area contributed by atoms with Crippen molar-refractivity contribution in [1.82, 2.24) is 4.90 Å². The molecule has 1 aliphatic heterocycles. The van der Waals surface area contributed by atoms with Crippen LogP contribution in [0.1, 0.15) is 38.7 Å². The van der Waals surface area contributed by atoms with E-state index in [1.807, 2.05) is 0 Å². The van der Waals surface area contributed by atoms with E-state index in [4.69, 9.17) is 4.74 Å². The van der Waals surface area contributed by atoms with Crippen molar-refractivity contribution in [2.24, 2.45) is 0 Å². The van der Waals surface area contributed by atoms with Crippen LogP contribution in [0.2, 0.25) is 0 Å². The largest absolute Gasteiger partial charge is 0.444 e. The van der Waals surface area contributed by atoms with Crippen LogP contribution < -0.4 is 0 Å². The number of hydrogen-bond acceptors (Lipinski definition) is 2. The summed E-state index contributed by atoms with van der Waals surface area (Å²) in [5.74, 6) is -7.38. The number of nitrogens with zero attached hydrogens (tertiary/aromatic N) is 1. The molecule has 0 saturated carbocycles. The van der Waals surface area contributed by atoms with Crippen LogP contribution in [0.25, 0.3) is 0 Å². The number of piperidine rings is 1. The Labute approximate surface area is 146 Å². The van der Waals surface area contributed by atoms with Gasteiger partial charge < -0.3 is 9.64 Å². The monoisotopic (exact) mass is 411 g/mol. The van der Waals surface area contributed by atoms with Crippen molar-refractivity contribution in [2.75, 3.05) is 13.1 Å². The maximum Gasteiger partial charge on any atom is 0.410 e. The number of benzene rings is 1. The van der Waals surface area contributed by atoms with Crippen molar-refractivity contribution in [2.45, 2.75) is 44.6 Å². The molecule has 1 atom stereocenters. The SMILES string of the molecule is CC(C)(C)OC(=O)N1CC[C@@H](c2ccc(Br)c(F)c2F)C(F)(F)C1. The molecule has 1 aromatic carbocycles. The molecule has 0 unspecified atom stereocenters.